The number of aromatic amines is 1. The van der Waals surface area contributed by atoms with E-state index >= 15 is 0 Å². The Hall–Kier alpha value is -2.31. The van der Waals surface area contributed by atoms with E-state index < -0.39 is 0 Å². The number of aryl methyl sites for hydroxylation is 1. The lowest BCUT2D eigenvalue weighted by atomic mass is 10.0. The molecule has 0 atom stereocenters. The summed E-state index contributed by atoms with van der Waals surface area (Å²) >= 11 is 0. The highest BCUT2D eigenvalue weighted by Gasteiger charge is 2.65. The molecule has 0 spiro atoms. The van der Waals surface area contributed by atoms with Crippen LogP contribution in [0.4, 0.5) is 5.82 Å². The molecule has 0 unspecified atom stereocenters. The molecule has 4 rings (SSSR count). The Morgan fingerprint density at radius 1 is 1.33 bits per heavy atom. The number of ether oxygens (including phenoxy) is 1. The third-order valence-corrected chi connectivity index (χ3v) is 5.91. The largest absolute Gasteiger partial charge is 0.478 e. The van der Waals surface area contributed by atoms with Crippen LogP contribution in [0.15, 0.2) is 12.1 Å². The van der Waals surface area contributed by atoms with Crippen LogP contribution in [0.3, 0.4) is 0 Å². The molecule has 0 saturated heterocycles. The molecular weight excluding hydrogens is 306 g/mol. The summed E-state index contributed by atoms with van der Waals surface area (Å²) in [5.74, 6) is 1.32. The van der Waals surface area contributed by atoms with E-state index in [2.05, 4.69) is 48.3 Å². The lowest BCUT2D eigenvalue weighted by Gasteiger charge is -2.13. The van der Waals surface area contributed by atoms with Crippen molar-refractivity contribution >= 4 is 11.7 Å². The van der Waals surface area contributed by atoms with Crippen LogP contribution in [0.1, 0.15) is 56.2 Å². The van der Waals surface area contributed by atoms with E-state index in [1.54, 1.807) is 10.7 Å². The number of H-pyrrole nitrogens is 1. The third-order valence-electron chi connectivity index (χ3n) is 5.91. The molecule has 0 bridgehead atoms. The van der Waals surface area contributed by atoms with Crippen LogP contribution in [-0.4, -0.2) is 32.5 Å². The summed E-state index contributed by atoms with van der Waals surface area (Å²) in [6.07, 6.45) is 0.908. The number of amides is 1. The first kappa shape index (κ1) is 15.2. The maximum Gasteiger partial charge on any atom is 0.277 e. The van der Waals surface area contributed by atoms with Gasteiger partial charge in [-0.15, -0.1) is 0 Å². The van der Waals surface area contributed by atoms with Gasteiger partial charge in [0.1, 0.15) is 0 Å². The molecule has 1 saturated carbocycles. The highest BCUT2D eigenvalue weighted by molar-refractivity contribution is 6.02. The maximum absolute atomic E-state index is 12.4. The van der Waals surface area contributed by atoms with Crippen molar-refractivity contribution < 1.29 is 9.53 Å². The number of anilines is 1. The van der Waals surface area contributed by atoms with E-state index in [0.29, 0.717) is 29.9 Å². The van der Waals surface area contributed by atoms with E-state index in [0.717, 1.165) is 18.7 Å². The van der Waals surface area contributed by atoms with Crippen LogP contribution < -0.4 is 10.1 Å². The van der Waals surface area contributed by atoms with Crippen molar-refractivity contribution in [3.63, 3.8) is 0 Å². The number of hydrogen-bond acceptors (Lipinski definition) is 4. The van der Waals surface area contributed by atoms with Gasteiger partial charge < -0.3 is 10.1 Å². The van der Waals surface area contributed by atoms with Gasteiger partial charge in [-0.05, 0) is 10.8 Å². The lowest BCUT2D eigenvalue weighted by Crippen LogP contribution is -2.16. The Morgan fingerprint density at radius 3 is 2.75 bits per heavy atom. The third kappa shape index (κ3) is 2.14. The van der Waals surface area contributed by atoms with E-state index in [1.165, 1.54) is 0 Å². The summed E-state index contributed by atoms with van der Waals surface area (Å²) < 4.78 is 7.22. The number of fused-ring (bicyclic) bond motifs is 1. The van der Waals surface area contributed by atoms with E-state index in [1.807, 2.05) is 6.07 Å². The van der Waals surface area contributed by atoms with Gasteiger partial charge in [-0.3, -0.25) is 9.89 Å². The second-order valence-corrected chi connectivity index (χ2v) is 7.83. The SMILES string of the molecule is CC1(C)C(c2cc(NC(=O)c3cc4n(n3)CCCO4)n[nH]2)C1(C)C. The van der Waals surface area contributed by atoms with Crippen LogP contribution in [0.25, 0.3) is 0 Å². The minimum absolute atomic E-state index is 0.223. The van der Waals surface area contributed by atoms with Gasteiger partial charge in [0, 0.05) is 36.7 Å². The van der Waals surface area contributed by atoms with Crippen LogP contribution >= 0.6 is 0 Å². The molecule has 3 heterocycles. The van der Waals surface area contributed by atoms with E-state index in [-0.39, 0.29) is 16.7 Å². The minimum Gasteiger partial charge on any atom is -0.478 e. The normalized spacial score (nSPS) is 21.0. The zero-order chi connectivity index (χ0) is 17.1. The zero-order valence-corrected chi connectivity index (χ0v) is 14.5. The number of rotatable bonds is 3. The first-order valence-electron chi connectivity index (χ1n) is 8.38. The van der Waals surface area contributed by atoms with Crippen LogP contribution in [0.5, 0.6) is 5.88 Å². The van der Waals surface area contributed by atoms with E-state index in [9.17, 15) is 4.79 Å². The molecule has 1 fully saturated rings. The predicted molar refractivity (Wildman–Crippen MR) is 89.2 cm³/mol. The summed E-state index contributed by atoms with van der Waals surface area (Å²) in [7, 11) is 0. The molecule has 1 aliphatic carbocycles. The van der Waals surface area contributed by atoms with Gasteiger partial charge in [-0.1, -0.05) is 27.7 Å². The van der Waals surface area contributed by atoms with Gasteiger partial charge in [0.05, 0.1) is 6.61 Å². The fourth-order valence-corrected chi connectivity index (χ4v) is 3.88. The summed E-state index contributed by atoms with van der Waals surface area (Å²) in [6.45, 7) is 10.5. The number of aromatic nitrogens is 4. The number of carbonyl (C=O) groups is 1. The number of nitrogens with one attached hydrogen (secondary N) is 2. The Labute approximate surface area is 140 Å². The molecule has 7 nitrogen and oxygen atoms in total. The number of carbonyl (C=O) groups excluding carboxylic acids is 1. The quantitative estimate of drug-likeness (QED) is 0.907. The first-order valence-corrected chi connectivity index (χ1v) is 8.38. The lowest BCUT2D eigenvalue weighted by molar-refractivity contribution is 0.102. The minimum atomic E-state index is -0.270. The average molecular weight is 329 g/mol. The molecular formula is C17H23N5O2. The predicted octanol–water partition coefficient (Wildman–Crippen LogP) is 2.79. The highest BCUT2D eigenvalue weighted by Crippen LogP contribution is 2.73. The summed E-state index contributed by atoms with van der Waals surface area (Å²) in [5, 5.41) is 14.4. The number of hydrogen-bond donors (Lipinski definition) is 2. The van der Waals surface area contributed by atoms with E-state index in [4.69, 9.17) is 4.74 Å². The van der Waals surface area contributed by atoms with Crippen molar-refractivity contribution in [2.75, 3.05) is 11.9 Å². The van der Waals surface area contributed by atoms with Crippen LogP contribution in [-0.2, 0) is 6.54 Å². The van der Waals surface area contributed by atoms with Gasteiger partial charge in [0.2, 0.25) is 5.88 Å². The molecule has 128 valence electrons. The van der Waals surface area contributed by atoms with Gasteiger partial charge in [0.15, 0.2) is 11.5 Å². The fraction of sp³-hybridized carbons (Fsp3) is 0.588. The maximum atomic E-state index is 12.4. The average Bonchev–Trinajstić information content (AvgIpc) is 2.97. The smallest absolute Gasteiger partial charge is 0.277 e. The van der Waals surface area contributed by atoms with Crippen LogP contribution in [0, 0.1) is 10.8 Å². The van der Waals surface area contributed by atoms with Crippen molar-refractivity contribution in [2.45, 2.75) is 46.6 Å². The molecule has 2 N–H and O–H groups in total. The zero-order valence-electron chi connectivity index (χ0n) is 14.5. The van der Waals surface area contributed by atoms with Crippen molar-refractivity contribution in [2.24, 2.45) is 10.8 Å². The van der Waals surface area contributed by atoms with Crippen molar-refractivity contribution in [3.05, 3.63) is 23.5 Å². The Bertz CT molecular complexity index is 764. The summed E-state index contributed by atoms with van der Waals surface area (Å²) in [5.41, 5.74) is 1.86. The first-order chi connectivity index (χ1) is 11.3. The topological polar surface area (TPSA) is 84.8 Å². The molecule has 1 aliphatic heterocycles. The van der Waals surface area contributed by atoms with Gasteiger partial charge in [-0.2, -0.15) is 10.2 Å². The second kappa shape index (κ2) is 4.84. The molecule has 0 aromatic carbocycles. The standard InChI is InChI=1S/C17H23N5O2/c1-16(2)14(17(16,3)4)10-8-12(20-19-10)18-15(23)11-9-13-22(21-11)6-5-7-24-13/h8-9,14H,5-7H2,1-4H3,(H2,18,19,20,23). The molecule has 7 heteroatoms. The highest BCUT2D eigenvalue weighted by atomic mass is 16.5. The molecule has 0 radical (unpaired) electrons. The fourth-order valence-electron chi connectivity index (χ4n) is 3.88. The Balaban J connectivity index is 1.48. The molecule has 24 heavy (non-hydrogen) atoms. The molecule has 1 amide bonds. The van der Waals surface area contributed by atoms with Crippen LogP contribution in [0.2, 0.25) is 0 Å². The Kier molecular flexibility index (Phi) is 3.07. The van der Waals surface area contributed by atoms with Crippen molar-refractivity contribution in [3.8, 4) is 5.88 Å². The second-order valence-electron chi connectivity index (χ2n) is 7.83. The summed E-state index contributed by atoms with van der Waals surface area (Å²) in [4.78, 5) is 12.4. The van der Waals surface area contributed by atoms with Gasteiger partial charge in [-0.25, -0.2) is 4.68 Å². The van der Waals surface area contributed by atoms with Gasteiger partial charge >= 0.3 is 0 Å². The summed E-state index contributed by atoms with van der Waals surface area (Å²) in [6, 6.07) is 3.60. The van der Waals surface area contributed by atoms with Crippen molar-refractivity contribution in [1.82, 2.24) is 20.0 Å². The molecule has 2 aromatic heterocycles. The monoisotopic (exact) mass is 329 g/mol. The Morgan fingerprint density at radius 2 is 2.08 bits per heavy atom. The molecule has 2 aromatic rings. The van der Waals surface area contributed by atoms with Gasteiger partial charge in [0.25, 0.3) is 5.91 Å². The molecule has 2 aliphatic rings. The number of nitrogens with zero attached hydrogens (tertiary/aromatic N) is 3. The van der Waals surface area contributed by atoms with Crippen molar-refractivity contribution in [1.29, 1.82) is 0 Å².